The summed E-state index contributed by atoms with van der Waals surface area (Å²) < 4.78 is 0. The molecule has 1 aliphatic heterocycles. The Bertz CT molecular complexity index is 1840. The third-order valence-corrected chi connectivity index (χ3v) is 10.8. The highest BCUT2D eigenvalue weighted by molar-refractivity contribution is 5.97. The van der Waals surface area contributed by atoms with E-state index in [1.807, 2.05) is 38.1 Å². The van der Waals surface area contributed by atoms with Crippen LogP contribution in [-0.2, 0) is 35.2 Å². The van der Waals surface area contributed by atoms with E-state index in [-0.39, 0.29) is 76.0 Å². The molecule has 21 nitrogen and oxygen atoms in total. The zero-order chi connectivity index (χ0) is 45.1. The van der Waals surface area contributed by atoms with Crippen molar-refractivity contribution in [3.05, 3.63) is 36.0 Å². The van der Waals surface area contributed by atoms with Gasteiger partial charge in [-0.2, -0.15) is 0 Å². The molecule has 3 rings (SSSR count). The summed E-state index contributed by atoms with van der Waals surface area (Å²) in [5.41, 5.74) is 35.3. The molecule has 0 spiro atoms. The maximum absolute atomic E-state index is 14.4. The number of hydrogen-bond donors (Lipinski definition) is 12. The molecule has 0 radical (unpaired) electrons. The number of aliphatic imine (C=N–C) groups is 2. The molecule has 0 unspecified atom stereocenters. The van der Waals surface area contributed by atoms with E-state index in [4.69, 9.17) is 34.4 Å². The van der Waals surface area contributed by atoms with Crippen LogP contribution in [0.2, 0.25) is 0 Å². The molecule has 1 aromatic heterocycles. The number of hydrogen-bond acceptors (Lipinski definition) is 10. The first-order valence-electron chi connectivity index (χ1n) is 20.9. The number of carbonyl (C=O) groups is 6. The van der Waals surface area contributed by atoms with Gasteiger partial charge in [0.05, 0.1) is 6.04 Å². The highest BCUT2D eigenvalue weighted by Gasteiger charge is 2.40. The number of guanidine groups is 2. The quantitative estimate of drug-likeness (QED) is 0.0287. The molecule has 1 aliphatic rings. The van der Waals surface area contributed by atoms with Crippen molar-refractivity contribution in [1.29, 1.82) is 0 Å². The second kappa shape index (κ2) is 25.0. The fourth-order valence-electron chi connectivity index (χ4n) is 7.11. The summed E-state index contributed by atoms with van der Waals surface area (Å²) in [6.45, 7) is 4.59. The van der Waals surface area contributed by atoms with Crippen LogP contribution in [0.5, 0.6) is 0 Å². The van der Waals surface area contributed by atoms with Crippen molar-refractivity contribution >= 4 is 58.3 Å². The minimum absolute atomic E-state index is 0.00210. The van der Waals surface area contributed by atoms with Gasteiger partial charge in [-0.3, -0.25) is 34.0 Å². The van der Waals surface area contributed by atoms with Crippen LogP contribution in [0.15, 0.2) is 40.4 Å². The van der Waals surface area contributed by atoms with Crippen molar-refractivity contribution in [2.24, 2.45) is 50.3 Å². The van der Waals surface area contributed by atoms with Gasteiger partial charge in [-0.25, -0.2) is 4.79 Å². The van der Waals surface area contributed by atoms with Gasteiger partial charge in [0, 0.05) is 43.2 Å². The number of carbonyl (C=O) groups excluding carboxylic acids is 5. The molecular formula is C40H66N14O7. The van der Waals surface area contributed by atoms with Gasteiger partial charge in [0.1, 0.15) is 30.2 Å². The molecule has 2 heterocycles. The maximum Gasteiger partial charge on any atom is 0.326 e. The monoisotopic (exact) mass is 855 g/mol. The van der Waals surface area contributed by atoms with Gasteiger partial charge >= 0.3 is 5.97 Å². The molecule has 5 amide bonds. The van der Waals surface area contributed by atoms with Crippen molar-refractivity contribution in [3.63, 3.8) is 0 Å². The van der Waals surface area contributed by atoms with Crippen molar-refractivity contribution in [3.8, 4) is 0 Å². The Morgan fingerprint density at radius 2 is 1.39 bits per heavy atom. The van der Waals surface area contributed by atoms with E-state index in [1.54, 1.807) is 6.20 Å². The Hall–Kier alpha value is -5.96. The van der Waals surface area contributed by atoms with Crippen LogP contribution in [0.4, 0.5) is 0 Å². The Labute approximate surface area is 356 Å². The number of amides is 5. The van der Waals surface area contributed by atoms with Crippen molar-refractivity contribution in [1.82, 2.24) is 31.2 Å². The Balaban J connectivity index is 1.85. The normalized spacial score (nSPS) is 16.6. The number of H-pyrrole nitrogens is 1. The number of carboxylic acid groups (broad SMARTS) is 1. The van der Waals surface area contributed by atoms with Crippen molar-refractivity contribution in [2.45, 2.75) is 121 Å². The first-order valence-corrected chi connectivity index (χ1v) is 20.9. The topological polar surface area (TPSA) is 371 Å². The third kappa shape index (κ3) is 15.5. The lowest BCUT2D eigenvalue weighted by Gasteiger charge is -2.31. The van der Waals surface area contributed by atoms with Crippen LogP contribution in [0.25, 0.3) is 10.9 Å². The Morgan fingerprint density at radius 1 is 0.820 bits per heavy atom. The molecule has 0 bridgehead atoms. The van der Waals surface area contributed by atoms with Crippen LogP contribution >= 0.6 is 0 Å². The van der Waals surface area contributed by atoms with Gasteiger partial charge in [0.2, 0.25) is 29.5 Å². The highest BCUT2D eigenvalue weighted by atomic mass is 16.4. The summed E-state index contributed by atoms with van der Waals surface area (Å²) in [6, 6.07) is 0.965. The minimum atomic E-state index is -1.32. The van der Waals surface area contributed by atoms with E-state index in [2.05, 4.69) is 36.2 Å². The summed E-state index contributed by atoms with van der Waals surface area (Å²) in [7, 11) is 0. The third-order valence-electron chi connectivity index (χ3n) is 10.8. The summed E-state index contributed by atoms with van der Waals surface area (Å²) in [5.74, 6) is -4.80. The molecule has 1 aromatic carbocycles. The van der Waals surface area contributed by atoms with E-state index in [0.717, 1.165) is 16.5 Å². The lowest BCUT2D eigenvalue weighted by atomic mass is 9.98. The lowest BCUT2D eigenvalue weighted by Crippen LogP contribution is -2.59. The molecule has 338 valence electrons. The number of aliphatic carboxylic acids is 1. The molecule has 0 aliphatic carbocycles. The largest absolute Gasteiger partial charge is 0.480 e. The first kappa shape index (κ1) is 49.4. The fraction of sp³-hybridized carbons (Fsp3) is 0.600. The maximum atomic E-state index is 14.4. The second-order valence-corrected chi connectivity index (χ2v) is 15.4. The van der Waals surface area contributed by atoms with Gasteiger partial charge in [0.25, 0.3) is 0 Å². The van der Waals surface area contributed by atoms with Crippen LogP contribution in [0, 0.1) is 5.92 Å². The van der Waals surface area contributed by atoms with Crippen molar-refractivity contribution in [2.75, 3.05) is 26.2 Å². The summed E-state index contributed by atoms with van der Waals surface area (Å²) in [5, 5.41) is 21.6. The summed E-state index contributed by atoms with van der Waals surface area (Å²) in [4.78, 5) is 94.1. The number of unbranched alkanes of at least 4 members (excludes halogenated alkanes) is 1. The molecule has 1 saturated heterocycles. The SMILES string of the molecule is CC[C@H](C)[C@H](N)C(=O)N[C@@H](Cc1c[nH]c2ccccc12)C(=O)N1CCC[C@H]1C(=O)N[C@@H](CCCCN)C(=O)N[C@@H](CCCN=C(N)N)C(=O)N[C@@H](CCCN=C(N)N)C(=O)O. The van der Waals surface area contributed by atoms with Gasteiger partial charge < -0.3 is 70.7 Å². The Kier molecular flexibility index (Phi) is 20.2. The summed E-state index contributed by atoms with van der Waals surface area (Å²) in [6.07, 6.45) is 4.97. The molecule has 61 heavy (non-hydrogen) atoms. The average Bonchev–Trinajstić information content (AvgIpc) is 3.89. The van der Waals surface area contributed by atoms with Crippen LogP contribution in [0.3, 0.4) is 0 Å². The van der Waals surface area contributed by atoms with Gasteiger partial charge in [0.15, 0.2) is 11.9 Å². The number of likely N-dealkylation sites (tertiary alicyclic amines) is 1. The van der Waals surface area contributed by atoms with Crippen LogP contribution in [-0.4, -0.2) is 125 Å². The molecule has 2 aromatic rings. The van der Waals surface area contributed by atoms with Gasteiger partial charge in [-0.05, 0) is 81.9 Å². The van der Waals surface area contributed by atoms with E-state index in [1.165, 1.54) is 4.90 Å². The number of aromatic nitrogens is 1. The van der Waals surface area contributed by atoms with Gasteiger partial charge in [-0.15, -0.1) is 0 Å². The van der Waals surface area contributed by atoms with E-state index in [9.17, 15) is 33.9 Å². The number of nitrogens with zero attached hydrogens (tertiary/aromatic N) is 3. The molecular weight excluding hydrogens is 789 g/mol. The van der Waals surface area contributed by atoms with E-state index in [0.29, 0.717) is 38.6 Å². The zero-order valence-corrected chi connectivity index (χ0v) is 35.2. The molecule has 7 atom stereocenters. The predicted molar refractivity (Wildman–Crippen MR) is 232 cm³/mol. The standard InChI is InChI=1S/C40H66N14O7/c1-3-23(2)32(42)36(58)53-30(21-24-22-49-26-12-5-4-11-25(24)26)37(59)54-20-10-16-31(54)35(57)51-27(13-6-7-17-41)33(55)50-28(14-8-18-47-39(43)44)34(56)52-29(38(60)61)15-9-19-48-40(45)46/h4-5,11-12,22-23,27-32,49H,3,6-10,13-21,41-42H2,1-2H3,(H,50,55)(H,51,57)(H,52,56)(H,53,58)(H,60,61)(H4,43,44,47)(H4,45,46,48)/t23-,27-,28-,29-,30-,31-,32-/m0/s1. The average molecular weight is 855 g/mol. The lowest BCUT2D eigenvalue weighted by molar-refractivity contribution is -0.143. The molecule has 21 heteroatoms. The van der Waals surface area contributed by atoms with E-state index >= 15 is 0 Å². The van der Waals surface area contributed by atoms with Crippen LogP contribution in [0.1, 0.15) is 83.6 Å². The number of rotatable bonds is 26. The second-order valence-electron chi connectivity index (χ2n) is 15.4. The molecule has 0 saturated carbocycles. The first-order chi connectivity index (χ1) is 29.1. The Morgan fingerprint density at radius 3 is 2.00 bits per heavy atom. The number of nitrogens with one attached hydrogen (secondary N) is 5. The highest BCUT2D eigenvalue weighted by Crippen LogP contribution is 2.24. The molecule has 1 fully saturated rings. The number of carboxylic acids is 1. The molecule has 18 N–H and O–H groups in total. The van der Waals surface area contributed by atoms with Crippen molar-refractivity contribution < 1.29 is 33.9 Å². The van der Waals surface area contributed by atoms with Crippen LogP contribution < -0.4 is 55.7 Å². The summed E-state index contributed by atoms with van der Waals surface area (Å²) >= 11 is 0. The van der Waals surface area contributed by atoms with Gasteiger partial charge in [-0.1, -0.05) is 38.5 Å². The number of benzene rings is 1. The fourth-order valence-corrected chi connectivity index (χ4v) is 7.11. The number of fused-ring (bicyclic) bond motifs is 1. The number of nitrogens with two attached hydrogens (primary N) is 6. The number of aromatic amines is 1. The predicted octanol–water partition coefficient (Wildman–Crippen LogP) is -1.67. The van der Waals surface area contributed by atoms with E-state index < -0.39 is 71.8 Å². The minimum Gasteiger partial charge on any atom is -0.480 e. The zero-order valence-electron chi connectivity index (χ0n) is 35.2. The number of para-hydroxylation sites is 1. The smallest absolute Gasteiger partial charge is 0.326 e.